The third-order valence-corrected chi connectivity index (χ3v) is 9.24. The second-order valence-corrected chi connectivity index (χ2v) is 16.9. The Labute approximate surface area is 249 Å². The molecule has 8 nitrogen and oxygen atoms in total. The number of aromatic nitrogens is 3. The fraction of sp³-hybridized carbons (Fsp3) is 0.233. The van der Waals surface area contributed by atoms with Gasteiger partial charge in [0.1, 0.15) is 23.2 Å². The molecule has 0 spiro atoms. The first-order valence-corrected chi connectivity index (χ1v) is 17.9. The van der Waals surface area contributed by atoms with Gasteiger partial charge in [-0.15, -0.1) is 11.3 Å². The zero-order chi connectivity index (χ0) is 30.1. The molecule has 0 amide bonds. The molecule has 2 aromatic heterocycles. The molecule has 5 aromatic rings. The van der Waals surface area contributed by atoms with E-state index in [1.54, 1.807) is 13.3 Å². The second-order valence-electron chi connectivity index (χ2n) is 10.2. The van der Waals surface area contributed by atoms with Crippen LogP contribution in [0.1, 0.15) is 11.1 Å². The molecule has 0 aliphatic heterocycles. The SMILES string of the molecule is COc1cnc2c(-c3nc4c(C)cc(OCCNS(=O)(=O)c5ccc(F)cc5)cc4s3)cc(C#CS(C)(C)C)cc2n1. The van der Waals surface area contributed by atoms with E-state index in [1.807, 2.05) is 31.2 Å². The van der Waals surface area contributed by atoms with Crippen molar-refractivity contribution in [1.82, 2.24) is 19.7 Å². The predicted octanol–water partition coefficient (Wildman–Crippen LogP) is 5.72. The van der Waals surface area contributed by atoms with Crippen molar-refractivity contribution < 1.29 is 22.3 Å². The number of methoxy groups -OCH3 is 1. The Kier molecular flexibility index (Phi) is 8.39. The van der Waals surface area contributed by atoms with Gasteiger partial charge >= 0.3 is 0 Å². The first-order valence-electron chi connectivity index (χ1n) is 12.8. The molecular formula is C30H29FN4O4S3. The monoisotopic (exact) mass is 624 g/mol. The van der Waals surface area contributed by atoms with Crippen LogP contribution in [0.2, 0.25) is 0 Å². The minimum atomic E-state index is -3.77. The lowest BCUT2D eigenvalue weighted by molar-refractivity contribution is 0.323. The standard InChI is InChI=1S/C30H29FN4O4S3/c1-19-14-22(39-12-11-33-42(36,37)23-8-6-21(31)7-9-23)17-26-28(19)35-30(40-26)24-15-20(10-13-41(3,4)5)16-25-29(24)32-18-27(34-25)38-2/h6-9,14-18,33H,11-12H2,1-5H3. The van der Waals surface area contributed by atoms with Crippen LogP contribution in [0.15, 0.2) is 59.6 Å². The Balaban J connectivity index is 1.41. The molecule has 12 heteroatoms. The largest absolute Gasteiger partial charge is 0.492 e. The highest BCUT2D eigenvalue weighted by molar-refractivity contribution is 8.36. The van der Waals surface area contributed by atoms with E-state index in [0.717, 1.165) is 44.0 Å². The summed E-state index contributed by atoms with van der Waals surface area (Å²) in [5.41, 5.74) is 4.78. The van der Waals surface area contributed by atoms with Crippen molar-refractivity contribution in [3.63, 3.8) is 0 Å². The lowest BCUT2D eigenvalue weighted by Crippen LogP contribution is -2.28. The lowest BCUT2D eigenvalue weighted by atomic mass is 10.1. The number of rotatable bonds is 8. The van der Waals surface area contributed by atoms with Crippen molar-refractivity contribution in [3.05, 3.63) is 71.7 Å². The summed E-state index contributed by atoms with van der Waals surface area (Å²) in [7, 11) is -3.25. The van der Waals surface area contributed by atoms with Crippen LogP contribution in [0, 0.1) is 23.9 Å². The summed E-state index contributed by atoms with van der Waals surface area (Å²) in [6.45, 7) is 2.10. The summed E-state index contributed by atoms with van der Waals surface area (Å²) < 4.78 is 52.6. The summed E-state index contributed by atoms with van der Waals surface area (Å²) >= 11 is 1.50. The number of halogens is 1. The Morgan fingerprint density at radius 2 is 1.79 bits per heavy atom. The molecule has 0 fully saturated rings. The third-order valence-electron chi connectivity index (χ3n) is 6.01. The van der Waals surface area contributed by atoms with E-state index >= 15 is 0 Å². The third kappa shape index (κ3) is 6.82. The number of nitrogens with zero attached hydrogens (tertiary/aromatic N) is 3. The van der Waals surface area contributed by atoms with Gasteiger partial charge in [-0.1, -0.05) is 5.92 Å². The van der Waals surface area contributed by atoms with Gasteiger partial charge < -0.3 is 9.47 Å². The Morgan fingerprint density at radius 1 is 1.02 bits per heavy atom. The van der Waals surface area contributed by atoms with Crippen molar-refractivity contribution in [2.75, 3.05) is 39.0 Å². The minimum absolute atomic E-state index is 0.0105. The predicted molar refractivity (Wildman–Crippen MR) is 169 cm³/mol. The van der Waals surface area contributed by atoms with Crippen molar-refractivity contribution in [3.8, 4) is 33.4 Å². The fourth-order valence-corrected chi connectivity index (χ4v) is 6.58. The average molecular weight is 625 g/mol. The molecule has 0 saturated carbocycles. The van der Waals surface area contributed by atoms with E-state index in [-0.39, 0.29) is 18.0 Å². The van der Waals surface area contributed by atoms with Gasteiger partial charge in [-0.25, -0.2) is 32.5 Å². The second kappa shape index (κ2) is 11.9. The van der Waals surface area contributed by atoms with E-state index in [4.69, 9.17) is 14.5 Å². The van der Waals surface area contributed by atoms with Crippen molar-refractivity contribution in [2.45, 2.75) is 11.8 Å². The van der Waals surface area contributed by atoms with Gasteiger partial charge in [0.15, 0.2) is 0 Å². The van der Waals surface area contributed by atoms with E-state index in [0.29, 0.717) is 22.7 Å². The van der Waals surface area contributed by atoms with Crippen LogP contribution in [0.3, 0.4) is 0 Å². The quantitative estimate of drug-likeness (QED) is 0.174. The molecule has 0 atom stereocenters. The summed E-state index contributed by atoms with van der Waals surface area (Å²) in [5, 5.41) is 4.13. The molecule has 218 valence electrons. The highest BCUT2D eigenvalue weighted by Gasteiger charge is 2.17. The number of aryl methyl sites for hydroxylation is 1. The van der Waals surface area contributed by atoms with Gasteiger partial charge in [0.05, 0.1) is 39.5 Å². The molecular weight excluding hydrogens is 596 g/mol. The average Bonchev–Trinajstić information content (AvgIpc) is 3.38. The zero-order valence-electron chi connectivity index (χ0n) is 23.7. The van der Waals surface area contributed by atoms with Crippen LogP contribution in [-0.2, 0) is 10.0 Å². The maximum Gasteiger partial charge on any atom is 0.240 e. The van der Waals surface area contributed by atoms with Gasteiger partial charge in [-0.05, 0) is 85.0 Å². The molecule has 1 N–H and O–H groups in total. The molecule has 0 radical (unpaired) electrons. The van der Waals surface area contributed by atoms with Gasteiger partial charge in [0.25, 0.3) is 0 Å². The molecule has 0 aliphatic carbocycles. The maximum absolute atomic E-state index is 13.1. The summed E-state index contributed by atoms with van der Waals surface area (Å²) in [6.07, 6.45) is 8.01. The number of thiazole rings is 1. The number of ether oxygens (including phenoxy) is 2. The highest BCUT2D eigenvalue weighted by Crippen LogP contribution is 2.38. The van der Waals surface area contributed by atoms with Crippen LogP contribution < -0.4 is 14.2 Å². The van der Waals surface area contributed by atoms with Crippen LogP contribution in [-0.4, -0.2) is 62.4 Å². The van der Waals surface area contributed by atoms with Gasteiger partial charge in [0.2, 0.25) is 15.9 Å². The molecule has 0 unspecified atom stereocenters. The van der Waals surface area contributed by atoms with Crippen LogP contribution in [0.5, 0.6) is 11.6 Å². The van der Waals surface area contributed by atoms with Gasteiger partial charge in [-0.3, -0.25) is 0 Å². The molecule has 5 rings (SSSR count). The van der Waals surface area contributed by atoms with E-state index in [2.05, 4.69) is 44.6 Å². The number of hydrogen-bond acceptors (Lipinski definition) is 8. The molecule has 2 heterocycles. The summed E-state index contributed by atoms with van der Waals surface area (Å²) in [5.74, 6) is 3.81. The van der Waals surface area contributed by atoms with E-state index in [9.17, 15) is 12.8 Å². The van der Waals surface area contributed by atoms with E-state index in [1.165, 1.54) is 23.5 Å². The molecule has 0 bridgehead atoms. The number of fused-ring (bicyclic) bond motifs is 2. The number of hydrogen-bond donors (Lipinski definition) is 1. The molecule has 0 aliphatic rings. The molecule has 0 saturated heterocycles. The van der Waals surface area contributed by atoms with Crippen molar-refractivity contribution in [1.29, 1.82) is 0 Å². The molecule has 3 aromatic carbocycles. The van der Waals surface area contributed by atoms with Crippen LogP contribution >= 0.6 is 21.4 Å². The Morgan fingerprint density at radius 3 is 2.50 bits per heavy atom. The summed E-state index contributed by atoms with van der Waals surface area (Å²) in [4.78, 5) is 14.1. The Hall–Kier alpha value is -3.76. The lowest BCUT2D eigenvalue weighted by Gasteiger charge is -2.15. The van der Waals surface area contributed by atoms with Crippen LogP contribution in [0.25, 0.3) is 31.8 Å². The van der Waals surface area contributed by atoms with Crippen molar-refractivity contribution in [2.24, 2.45) is 0 Å². The number of benzene rings is 3. The van der Waals surface area contributed by atoms with Gasteiger partial charge in [0, 0.05) is 17.7 Å². The van der Waals surface area contributed by atoms with Crippen LogP contribution in [0.4, 0.5) is 4.39 Å². The molecule has 42 heavy (non-hydrogen) atoms. The first-order chi connectivity index (χ1) is 19.9. The first kappa shape index (κ1) is 29.7. The van der Waals surface area contributed by atoms with Crippen molar-refractivity contribution >= 4 is 52.6 Å². The highest BCUT2D eigenvalue weighted by atomic mass is 32.3. The number of sulfonamides is 1. The minimum Gasteiger partial charge on any atom is -0.492 e. The smallest absolute Gasteiger partial charge is 0.240 e. The van der Waals surface area contributed by atoms with Gasteiger partial charge in [-0.2, -0.15) is 10.0 Å². The normalized spacial score (nSPS) is 12.2. The number of nitrogens with one attached hydrogen (secondary N) is 1. The van der Waals surface area contributed by atoms with E-state index < -0.39 is 25.9 Å². The topological polar surface area (TPSA) is 103 Å². The summed E-state index contributed by atoms with van der Waals surface area (Å²) in [6, 6.07) is 12.3. The zero-order valence-corrected chi connectivity index (χ0v) is 26.1. The maximum atomic E-state index is 13.1. The Bertz CT molecular complexity index is 1960. The fourth-order valence-electron chi connectivity index (χ4n) is 4.06.